The standard InChI is InChI=1S/C16H20N2O2/c1-2-17-14(11-7-8-11)10-18-15(19)9-12-5-3-4-6-13(12)16(18)20/h3-6,11,14,17H,2,7-10H2,1H3. The summed E-state index contributed by atoms with van der Waals surface area (Å²) >= 11 is 0. The molecule has 0 spiro atoms. The van der Waals surface area contributed by atoms with Crippen LogP contribution < -0.4 is 5.32 Å². The first-order valence-electron chi connectivity index (χ1n) is 7.36. The Morgan fingerprint density at radius 1 is 1.30 bits per heavy atom. The van der Waals surface area contributed by atoms with Gasteiger partial charge in [0.05, 0.1) is 6.42 Å². The van der Waals surface area contributed by atoms with Crippen LogP contribution >= 0.6 is 0 Å². The SMILES string of the molecule is CCNC(CN1C(=O)Cc2ccccc2C1=O)C1CC1. The van der Waals surface area contributed by atoms with Crippen LogP contribution in [0.1, 0.15) is 35.7 Å². The molecule has 1 aromatic carbocycles. The van der Waals surface area contributed by atoms with Gasteiger partial charge in [-0.05, 0) is 36.9 Å². The first-order chi connectivity index (χ1) is 9.70. The van der Waals surface area contributed by atoms with Crippen molar-refractivity contribution in [3.63, 3.8) is 0 Å². The molecule has 0 aromatic heterocycles. The minimum absolute atomic E-state index is 0.0720. The zero-order valence-electron chi connectivity index (χ0n) is 11.8. The molecular formula is C16H20N2O2. The Morgan fingerprint density at radius 3 is 2.75 bits per heavy atom. The van der Waals surface area contributed by atoms with Crippen LogP contribution in [0.4, 0.5) is 0 Å². The monoisotopic (exact) mass is 272 g/mol. The molecule has 1 heterocycles. The number of imide groups is 1. The number of rotatable bonds is 5. The lowest BCUT2D eigenvalue weighted by Gasteiger charge is -2.30. The first kappa shape index (κ1) is 13.3. The normalized spacial score (nSPS) is 19.9. The molecule has 20 heavy (non-hydrogen) atoms. The highest BCUT2D eigenvalue weighted by atomic mass is 16.2. The Kier molecular flexibility index (Phi) is 3.57. The Hall–Kier alpha value is -1.68. The van der Waals surface area contributed by atoms with E-state index in [-0.39, 0.29) is 17.9 Å². The summed E-state index contributed by atoms with van der Waals surface area (Å²) in [5.74, 6) is 0.408. The number of fused-ring (bicyclic) bond motifs is 1. The number of nitrogens with one attached hydrogen (secondary N) is 1. The van der Waals surface area contributed by atoms with Gasteiger partial charge in [0.25, 0.3) is 5.91 Å². The van der Waals surface area contributed by atoms with Crippen LogP contribution in [0.2, 0.25) is 0 Å². The third-order valence-corrected chi connectivity index (χ3v) is 4.17. The third-order valence-electron chi connectivity index (χ3n) is 4.17. The molecule has 4 heteroatoms. The van der Waals surface area contributed by atoms with E-state index < -0.39 is 0 Å². The second-order valence-electron chi connectivity index (χ2n) is 5.65. The minimum atomic E-state index is -0.139. The number of carbonyl (C=O) groups is 2. The van der Waals surface area contributed by atoms with Gasteiger partial charge < -0.3 is 5.32 Å². The summed E-state index contributed by atoms with van der Waals surface area (Å²) in [6, 6.07) is 7.66. The molecule has 1 saturated carbocycles. The average Bonchev–Trinajstić information content (AvgIpc) is 3.27. The highest BCUT2D eigenvalue weighted by molar-refractivity contribution is 6.09. The van der Waals surface area contributed by atoms with Gasteiger partial charge >= 0.3 is 0 Å². The lowest BCUT2D eigenvalue weighted by Crippen LogP contribution is -2.50. The van der Waals surface area contributed by atoms with E-state index in [0.717, 1.165) is 12.1 Å². The second-order valence-corrected chi connectivity index (χ2v) is 5.65. The Morgan fingerprint density at radius 2 is 2.05 bits per heavy atom. The topological polar surface area (TPSA) is 49.4 Å². The number of nitrogens with zero attached hydrogens (tertiary/aromatic N) is 1. The predicted octanol–water partition coefficient (Wildman–Crippen LogP) is 1.60. The molecule has 1 unspecified atom stereocenters. The molecule has 1 atom stereocenters. The number of benzene rings is 1. The zero-order valence-corrected chi connectivity index (χ0v) is 11.8. The van der Waals surface area contributed by atoms with E-state index in [1.54, 1.807) is 0 Å². The highest BCUT2D eigenvalue weighted by Gasteiger charge is 2.37. The van der Waals surface area contributed by atoms with Crippen molar-refractivity contribution in [3.05, 3.63) is 35.4 Å². The summed E-state index contributed by atoms with van der Waals surface area (Å²) in [5, 5.41) is 3.41. The van der Waals surface area contributed by atoms with E-state index >= 15 is 0 Å². The molecule has 1 aliphatic carbocycles. The van der Waals surface area contributed by atoms with Crippen molar-refractivity contribution in [3.8, 4) is 0 Å². The quantitative estimate of drug-likeness (QED) is 0.828. The van der Waals surface area contributed by atoms with E-state index in [4.69, 9.17) is 0 Å². The Bertz CT molecular complexity index is 537. The van der Waals surface area contributed by atoms with Gasteiger partial charge in [0, 0.05) is 18.2 Å². The largest absolute Gasteiger partial charge is 0.312 e. The van der Waals surface area contributed by atoms with Crippen molar-refractivity contribution in [2.75, 3.05) is 13.1 Å². The summed E-state index contributed by atoms with van der Waals surface area (Å²) in [4.78, 5) is 26.2. The number of likely N-dealkylation sites (N-methyl/N-ethyl adjacent to an activating group) is 1. The molecule has 2 amide bonds. The smallest absolute Gasteiger partial charge is 0.260 e. The van der Waals surface area contributed by atoms with Crippen LogP contribution in [-0.4, -0.2) is 35.8 Å². The molecule has 4 nitrogen and oxygen atoms in total. The van der Waals surface area contributed by atoms with Gasteiger partial charge in [0.2, 0.25) is 5.91 Å². The third kappa shape index (κ3) is 2.48. The molecule has 0 radical (unpaired) electrons. The number of hydrogen-bond acceptors (Lipinski definition) is 3. The maximum Gasteiger partial charge on any atom is 0.260 e. The van der Waals surface area contributed by atoms with Crippen molar-refractivity contribution < 1.29 is 9.59 Å². The van der Waals surface area contributed by atoms with Crippen LogP contribution in [0.15, 0.2) is 24.3 Å². The van der Waals surface area contributed by atoms with E-state index in [1.807, 2.05) is 24.3 Å². The molecule has 0 saturated heterocycles. The van der Waals surface area contributed by atoms with Crippen LogP contribution in [0.25, 0.3) is 0 Å². The summed E-state index contributed by atoms with van der Waals surface area (Å²) in [5.41, 5.74) is 1.53. The molecule has 106 valence electrons. The molecule has 0 bridgehead atoms. The van der Waals surface area contributed by atoms with Gasteiger partial charge in [-0.1, -0.05) is 25.1 Å². The van der Waals surface area contributed by atoms with Gasteiger partial charge in [-0.15, -0.1) is 0 Å². The van der Waals surface area contributed by atoms with E-state index in [1.165, 1.54) is 17.7 Å². The van der Waals surface area contributed by atoms with Crippen molar-refractivity contribution in [1.82, 2.24) is 10.2 Å². The van der Waals surface area contributed by atoms with Crippen molar-refractivity contribution in [2.24, 2.45) is 5.92 Å². The van der Waals surface area contributed by atoms with Gasteiger partial charge in [0.1, 0.15) is 0 Å². The van der Waals surface area contributed by atoms with Crippen LogP contribution in [0, 0.1) is 5.92 Å². The van der Waals surface area contributed by atoms with Gasteiger partial charge in [-0.25, -0.2) is 0 Å². The van der Waals surface area contributed by atoms with Gasteiger partial charge in [-0.3, -0.25) is 14.5 Å². The second kappa shape index (κ2) is 5.37. The molecule has 1 aromatic rings. The first-order valence-corrected chi connectivity index (χ1v) is 7.36. The Balaban J connectivity index is 1.79. The highest BCUT2D eigenvalue weighted by Crippen LogP contribution is 2.33. The summed E-state index contributed by atoms with van der Waals surface area (Å²) in [6.07, 6.45) is 2.74. The van der Waals surface area contributed by atoms with E-state index in [9.17, 15) is 9.59 Å². The van der Waals surface area contributed by atoms with Crippen LogP contribution in [0.5, 0.6) is 0 Å². The fourth-order valence-electron chi connectivity index (χ4n) is 2.92. The number of amides is 2. The molecule has 1 fully saturated rings. The van der Waals surface area contributed by atoms with Gasteiger partial charge in [-0.2, -0.15) is 0 Å². The fraction of sp³-hybridized carbons (Fsp3) is 0.500. The minimum Gasteiger partial charge on any atom is -0.312 e. The van der Waals surface area contributed by atoms with Crippen molar-refractivity contribution in [1.29, 1.82) is 0 Å². The summed E-state index contributed by atoms with van der Waals surface area (Å²) < 4.78 is 0. The zero-order chi connectivity index (χ0) is 14.1. The number of carbonyl (C=O) groups excluding carboxylic acids is 2. The maximum absolute atomic E-state index is 12.5. The van der Waals surface area contributed by atoms with Crippen LogP contribution in [0.3, 0.4) is 0 Å². The van der Waals surface area contributed by atoms with Crippen molar-refractivity contribution >= 4 is 11.8 Å². The molecule has 1 N–H and O–H groups in total. The summed E-state index contributed by atoms with van der Waals surface area (Å²) in [6.45, 7) is 3.43. The molecule has 1 aliphatic heterocycles. The molecule has 2 aliphatic rings. The van der Waals surface area contributed by atoms with Crippen LogP contribution in [-0.2, 0) is 11.2 Å². The molecule has 3 rings (SSSR count). The van der Waals surface area contributed by atoms with Crippen molar-refractivity contribution in [2.45, 2.75) is 32.2 Å². The fourth-order valence-corrected chi connectivity index (χ4v) is 2.92. The molecular weight excluding hydrogens is 252 g/mol. The average molecular weight is 272 g/mol. The Labute approximate surface area is 119 Å². The lowest BCUT2D eigenvalue weighted by atomic mass is 9.97. The number of hydrogen-bond donors (Lipinski definition) is 1. The summed E-state index contributed by atoms with van der Waals surface area (Å²) in [7, 11) is 0. The van der Waals surface area contributed by atoms with E-state index in [0.29, 0.717) is 24.4 Å². The predicted molar refractivity (Wildman–Crippen MR) is 76.4 cm³/mol. The van der Waals surface area contributed by atoms with Gasteiger partial charge in [0.15, 0.2) is 0 Å². The van der Waals surface area contributed by atoms with E-state index in [2.05, 4.69) is 12.2 Å². The lowest BCUT2D eigenvalue weighted by molar-refractivity contribution is -0.128. The maximum atomic E-state index is 12.5.